The van der Waals surface area contributed by atoms with E-state index < -0.39 is 24.2 Å². The van der Waals surface area contributed by atoms with Crippen LogP contribution in [0.4, 0.5) is 17.1 Å². The van der Waals surface area contributed by atoms with Crippen LogP contribution in [-0.4, -0.2) is 0 Å². The predicted molar refractivity (Wildman–Crippen MR) is 247 cm³/mol. The van der Waals surface area contributed by atoms with Crippen LogP contribution in [0.3, 0.4) is 0 Å². The van der Waals surface area contributed by atoms with E-state index in [2.05, 4.69) is 0 Å². The van der Waals surface area contributed by atoms with Gasteiger partial charge >= 0.3 is 0 Å². The minimum absolute atomic E-state index is 0.0120. The Morgan fingerprint density at radius 2 is 1.05 bits per heavy atom. The van der Waals surface area contributed by atoms with Crippen molar-refractivity contribution in [3.05, 3.63) is 212 Å². The highest BCUT2D eigenvalue weighted by Gasteiger charge is 2.22. The van der Waals surface area contributed by atoms with Gasteiger partial charge in [-0.1, -0.05) is 158 Å². The third-order valence-electron chi connectivity index (χ3n) is 11.2. The number of nitrogens with zero attached hydrogens (tertiary/aromatic N) is 1. The lowest BCUT2D eigenvalue weighted by atomic mass is 9.95. The Morgan fingerprint density at radius 1 is 0.390 bits per heavy atom. The van der Waals surface area contributed by atoms with E-state index in [1.165, 1.54) is 4.90 Å². The van der Waals surface area contributed by atoms with Gasteiger partial charge in [-0.2, -0.15) is 0 Å². The molecular formula is C56H35NO2. The van der Waals surface area contributed by atoms with Crippen molar-refractivity contribution in [3.8, 4) is 33.4 Å². The average Bonchev–Trinajstić information content (AvgIpc) is 3.94. The van der Waals surface area contributed by atoms with E-state index in [0.29, 0.717) is 49.9 Å². The largest absolute Gasteiger partial charge is 0.455 e. The lowest BCUT2D eigenvalue weighted by Gasteiger charge is -2.27. The predicted octanol–water partition coefficient (Wildman–Crippen LogP) is 16.3. The second-order valence-electron chi connectivity index (χ2n) is 14.6. The molecule has 3 heteroatoms. The number of hydrogen-bond donors (Lipinski definition) is 0. The van der Waals surface area contributed by atoms with Crippen LogP contribution in [-0.2, 0) is 0 Å². The first-order valence-corrected chi connectivity index (χ1v) is 19.4. The average molecular weight is 762 g/mol. The maximum Gasteiger partial charge on any atom is 0.143 e. The molecule has 0 radical (unpaired) electrons. The number of rotatable bonds is 6. The summed E-state index contributed by atoms with van der Waals surface area (Å²) in [4.78, 5) is 1.40. The lowest BCUT2D eigenvalue weighted by Crippen LogP contribution is -2.10. The Bertz CT molecular complexity index is 4030. The fourth-order valence-electron chi connectivity index (χ4n) is 8.48. The summed E-state index contributed by atoms with van der Waals surface area (Å²) in [5.74, 6) is 0. The van der Waals surface area contributed by atoms with Gasteiger partial charge in [-0.25, -0.2) is 0 Å². The Hall–Kier alpha value is -7.88. The van der Waals surface area contributed by atoms with Crippen molar-refractivity contribution in [3.63, 3.8) is 0 Å². The molecule has 12 aromatic rings. The highest BCUT2D eigenvalue weighted by atomic mass is 16.3. The molecule has 0 aliphatic heterocycles. The number of furan rings is 2. The van der Waals surface area contributed by atoms with Gasteiger partial charge in [-0.3, -0.25) is 0 Å². The van der Waals surface area contributed by atoms with E-state index in [9.17, 15) is 11.0 Å². The van der Waals surface area contributed by atoms with Gasteiger partial charge in [0.15, 0.2) is 0 Å². The fraction of sp³-hybridized carbons (Fsp3) is 0. The highest BCUT2D eigenvalue weighted by Crippen LogP contribution is 2.46. The second-order valence-corrected chi connectivity index (χ2v) is 14.6. The fourth-order valence-corrected chi connectivity index (χ4v) is 8.48. The molecule has 0 aliphatic rings. The van der Waals surface area contributed by atoms with Crippen LogP contribution in [0.2, 0.25) is 0 Å². The van der Waals surface area contributed by atoms with E-state index in [0.717, 1.165) is 43.4 Å². The molecule has 0 amide bonds. The van der Waals surface area contributed by atoms with Crippen LogP contribution < -0.4 is 4.90 Å². The van der Waals surface area contributed by atoms with Gasteiger partial charge in [0.05, 0.1) is 22.0 Å². The third kappa shape index (κ3) is 5.44. The molecule has 0 fully saturated rings. The molecule has 2 aromatic heterocycles. The maximum atomic E-state index is 10.1. The van der Waals surface area contributed by atoms with Crippen molar-refractivity contribution < 1.29 is 19.8 Å². The Morgan fingerprint density at radius 3 is 1.95 bits per heavy atom. The van der Waals surface area contributed by atoms with E-state index in [4.69, 9.17) is 8.83 Å². The molecule has 2 heterocycles. The summed E-state index contributed by atoms with van der Waals surface area (Å²) in [6, 6.07) is 48.2. The maximum absolute atomic E-state index is 10.1. The summed E-state index contributed by atoms with van der Waals surface area (Å²) in [6.45, 7) is 0. The first-order chi connectivity index (χ1) is 32.6. The van der Waals surface area contributed by atoms with Gasteiger partial charge in [-0.05, 0) is 98.5 Å². The molecule has 3 nitrogen and oxygen atoms in total. The Kier molecular flexibility index (Phi) is 5.92. The number of benzene rings is 10. The van der Waals surface area contributed by atoms with E-state index >= 15 is 0 Å². The van der Waals surface area contributed by atoms with Crippen LogP contribution in [0.5, 0.6) is 0 Å². The molecule has 276 valence electrons. The second kappa shape index (κ2) is 13.4. The van der Waals surface area contributed by atoms with Gasteiger partial charge < -0.3 is 13.7 Å². The summed E-state index contributed by atoms with van der Waals surface area (Å²) >= 11 is 0. The van der Waals surface area contributed by atoms with Crippen LogP contribution in [0.1, 0.15) is 11.0 Å². The van der Waals surface area contributed by atoms with Gasteiger partial charge in [-0.15, -0.1) is 0 Å². The molecule has 0 spiro atoms. The summed E-state index contributed by atoms with van der Waals surface area (Å²) in [5, 5.41) is 6.68. The van der Waals surface area contributed by atoms with Crippen molar-refractivity contribution in [1.29, 1.82) is 0 Å². The molecular weight excluding hydrogens is 719 g/mol. The molecule has 0 atom stereocenters. The van der Waals surface area contributed by atoms with Gasteiger partial charge in [0.2, 0.25) is 0 Å². The minimum Gasteiger partial charge on any atom is -0.455 e. The quantitative estimate of drug-likeness (QED) is 0.169. The highest BCUT2D eigenvalue weighted by molar-refractivity contribution is 6.19. The summed E-state index contributed by atoms with van der Waals surface area (Å²) in [7, 11) is 0. The molecule has 0 saturated heterocycles. The lowest BCUT2D eigenvalue weighted by molar-refractivity contribution is 0.670. The number of fused-ring (bicyclic) bond motifs is 9. The SMILES string of the molecule is [2H]c1c([2H])c(-c2cccc3c2oc2ccccc23)c([2H])c(N(c2c([2H])c([2H])c(-c3cccc(-c4cccc5ccccc45)c3)c([2H])c2[2H])c2cccc3oc4c5ccccc5ccc4c23)c1[2H]. The van der Waals surface area contributed by atoms with Crippen LogP contribution in [0.15, 0.2) is 221 Å². The zero-order valence-electron chi connectivity index (χ0n) is 39.4. The van der Waals surface area contributed by atoms with Crippen LogP contribution in [0, 0.1) is 0 Å². The molecule has 59 heavy (non-hydrogen) atoms. The standard InChI is InChI=1S/C56H35NO2/c1-3-19-44-37(12-1)14-9-22-45(44)40-16-7-15-39(34-40)36-28-31-42(32-29-36)57(51-25-11-27-53-54(51)50-33-30-38-13-2-4-20-46(38)56(50)59-53)43-18-8-17-41(35-43)47-23-10-24-49-48-21-5-6-26-52(48)58-55(47)49/h1-35H/i8D,17D,18D,28D,29D,31D,32D,35D. The molecule has 0 saturated carbocycles. The van der Waals surface area contributed by atoms with Crippen molar-refractivity contribution in [2.24, 2.45) is 0 Å². The molecule has 12 rings (SSSR count). The Labute approximate surface area is 351 Å². The Balaban J connectivity index is 1.15. The number of para-hydroxylation sites is 2. The van der Waals surface area contributed by atoms with Gasteiger partial charge in [0.25, 0.3) is 0 Å². The summed E-state index contributed by atoms with van der Waals surface area (Å²) < 4.78 is 90.4. The van der Waals surface area contributed by atoms with Crippen molar-refractivity contribution in [1.82, 2.24) is 0 Å². The summed E-state index contributed by atoms with van der Waals surface area (Å²) in [5.41, 5.74) is 4.60. The molecule has 10 aromatic carbocycles. The summed E-state index contributed by atoms with van der Waals surface area (Å²) in [6.07, 6.45) is 0. The van der Waals surface area contributed by atoms with Crippen molar-refractivity contribution in [2.45, 2.75) is 0 Å². The first-order valence-electron chi connectivity index (χ1n) is 23.4. The zero-order valence-corrected chi connectivity index (χ0v) is 31.4. The zero-order chi connectivity index (χ0) is 45.8. The van der Waals surface area contributed by atoms with Gasteiger partial charge in [0, 0.05) is 38.5 Å². The van der Waals surface area contributed by atoms with E-state index in [1.807, 2.05) is 127 Å². The molecule has 0 aliphatic carbocycles. The van der Waals surface area contributed by atoms with E-state index in [-0.39, 0.29) is 46.7 Å². The van der Waals surface area contributed by atoms with Gasteiger partial charge in [0.1, 0.15) is 22.3 Å². The minimum atomic E-state index is -0.505. The van der Waals surface area contributed by atoms with Crippen LogP contribution >= 0.6 is 0 Å². The smallest absolute Gasteiger partial charge is 0.143 e. The normalized spacial score (nSPS) is 13.6. The number of hydrogen-bond acceptors (Lipinski definition) is 3. The van der Waals surface area contributed by atoms with E-state index in [1.54, 1.807) is 36.4 Å². The van der Waals surface area contributed by atoms with Crippen LogP contribution in [0.25, 0.3) is 98.8 Å². The third-order valence-corrected chi connectivity index (χ3v) is 11.2. The van der Waals surface area contributed by atoms with Crippen molar-refractivity contribution >= 4 is 82.5 Å². The monoisotopic (exact) mass is 761 g/mol. The van der Waals surface area contributed by atoms with Crippen molar-refractivity contribution in [2.75, 3.05) is 4.90 Å². The first kappa shape index (κ1) is 26.1. The number of anilines is 3. The molecule has 0 bridgehead atoms. The molecule has 0 N–H and O–H groups in total. The molecule has 0 unspecified atom stereocenters. The topological polar surface area (TPSA) is 29.5 Å².